The normalized spacial score (nSPS) is 11.5. The van der Waals surface area contributed by atoms with Crippen LogP contribution in [0.25, 0.3) is 21.9 Å². The Morgan fingerprint density at radius 3 is 2.42 bits per heavy atom. The smallest absolute Gasteiger partial charge is 0.309 e. The van der Waals surface area contributed by atoms with E-state index in [0.29, 0.717) is 23.5 Å². The number of thioether (sulfide) groups is 1. The Morgan fingerprint density at radius 1 is 0.848 bits per heavy atom. The lowest BCUT2D eigenvalue weighted by Crippen LogP contribution is -2.37. The molecule has 0 unspecified atom stereocenters. The molecule has 0 radical (unpaired) electrons. The van der Waals surface area contributed by atoms with Crippen LogP contribution >= 0.6 is 11.8 Å². The molecule has 0 atom stereocenters. The van der Waals surface area contributed by atoms with Crippen LogP contribution in [0.4, 0.5) is 0 Å². The second-order valence-electron chi connectivity index (χ2n) is 8.32. The van der Waals surface area contributed by atoms with Crippen LogP contribution in [0.5, 0.6) is 0 Å². The molecule has 0 fully saturated rings. The average molecular weight is 457 g/mol. The van der Waals surface area contributed by atoms with Crippen LogP contribution in [0.3, 0.4) is 0 Å². The second-order valence-corrected chi connectivity index (χ2v) is 9.26. The predicted molar refractivity (Wildman–Crippen MR) is 134 cm³/mol. The first-order valence-electron chi connectivity index (χ1n) is 10.7. The summed E-state index contributed by atoms with van der Waals surface area (Å²) >= 11 is 1.58. The van der Waals surface area contributed by atoms with Gasteiger partial charge in [-0.15, -0.1) is 0 Å². The van der Waals surface area contributed by atoms with Gasteiger partial charge in [0.15, 0.2) is 16.3 Å². The standard InChI is InChI=1S/C26H24N4O2S/c1-17-7-6-8-18(13-17)15-30-22-23(28(2)26(32)29(3)24(22)31)27-25(30)33-16-19-11-12-20-9-4-5-10-21(20)14-19/h4-14H,15-16H2,1-3H3. The van der Waals surface area contributed by atoms with Crippen LogP contribution in [0, 0.1) is 6.92 Å². The first-order chi connectivity index (χ1) is 15.9. The van der Waals surface area contributed by atoms with Gasteiger partial charge < -0.3 is 4.57 Å². The highest BCUT2D eigenvalue weighted by Crippen LogP contribution is 2.27. The molecule has 7 heteroatoms. The molecule has 0 amide bonds. The zero-order valence-corrected chi connectivity index (χ0v) is 19.6. The number of hydrogen-bond acceptors (Lipinski definition) is 4. The molecule has 0 aliphatic carbocycles. The van der Waals surface area contributed by atoms with Crippen molar-refractivity contribution in [2.24, 2.45) is 14.1 Å². The third-order valence-corrected chi connectivity index (χ3v) is 6.97. The van der Waals surface area contributed by atoms with E-state index in [2.05, 4.69) is 36.4 Å². The summed E-state index contributed by atoms with van der Waals surface area (Å²) in [5.41, 5.74) is 3.57. The zero-order chi connectivity index (χ0) is 23.1. The lowest BCUT2D eigenvalue weighted by atomic mass is 10.1. The fraction of sp³-hybridized carbons (Fsp3) is 0.192. The Bertz CT molecular complexity index is 1630. The minimum Gasteiger partial charge on any atom is -0.309 e. The van der Waals surface area contributed by atoms with Crippen LogP contribution in [0.15, 0.2) is 81.5 Å². The summed E-state index contributed by atoms with van der Waals surface area (Å²) in [6.07, 6.45) is 0. The van der Waals surface area contributed by atoms with Gasteiger partial charge in [0.1, 0.15) is 0 Å². The highest BCUT2D eigenvalue weighted by molar-refractivity contribution is 7.98. The number of rotatable bonds is 5. The maximum Gasteiger partial charge on any atom is 0.332 e. The highest BCUT2D eigenvalue weighted by atomic mass is 32.2. The highest BCUT2D eigenvalue weighted by Gasteiger charge is 2.20. The Balaban J connectivity index is 1.60. The first kappa shape index (κ1) is 21.3. The first-order valence-corrected chi connectivity index (χ1v) is 11.7. The Hall–Kier alpha value is -3.58. The average Bonchev–Trinajstić information content (AvgIpc) is 3.18. The van der Waals surface area contributed by atoms with Gasteiger partial charge in [0.25, 0.3) is 5.56 Å². The van der Waals surface area contributed by atoms with E-state index in [9.17, 15) is 9.59 Å². The molecule has 0 bridgehead atoms. The number of fused-ring (bicyclic) bond motifs is 2. The summed E-state index contributed by atoms with van der Waals surface area (Å²) in [4.78, 5) is 30.3. The van der Waals surface area contributed by atoms with Crippen LogP contribution in [0.1, 0.15) is 16.7 Å². The topological polar surface area (TPSA) is 61.8 Å². The summed E-state index contributed by atoms with van der Waals surface area (Å²) in [6, 6.07) is 22.9. The molecule has 0 N–H and O–H groups in total. The Morgan fingerprint density at radius 2 is 1.64 bits per heavy atom. The van der Waals surface area contributed by atoms with Gasteiger partial charge in [-0.05, 0) is 28.8 Å². The molecule has 5 rings (SSSR count). The number of hydrogen-bond donors (Lipinski definition) is 0. The molecule has 166 valence electrons. The lowest BCUT2D eigenvalue weighted by molar-refractivity contribution is 0.696. The zero-order valence-electron chi connectivity index (χ0n) is 18.8. The van der Waals surface area contributed by atoms with Crippen LogP contribution in [0.2, 0.25) is 0 Å². The molecule has 2 aromatic heterocycles. The molecule has 2 heterocycles. The van der Waals surface area contributed by atoms with Gasteiger partial charge in [-0.3, -0.25) is 13.9 Å². The number of imidazole rings is 1. The van der Waals surface area contributed by atoms with E-state index in [0.717, 1.165) is 20.9 Å². The lowest BCUT2D eigenvalue weighted by Gasteiger charge is -2.10. The maximum atomic E-state index is 13.1. The van der Waals surface area contributed by atoms with Crippen molar-refractivity contribution in [3.63, 3.8) is 0 Å². The number of aryl methyl sites for hydroxylation is 2. The molecule has 0 saturated heterocycles. The van der Waals surface area contributed by atoms with E-state index in [4.69, 9.17) is 4.98 Å². The summed E-state index contributed by atoms with van der Waals surface area (Å²) in [6.45, 7) is 2.55. The van der Waals surface area contributed by atoms with Gasteiger partial charge >= 0.3 is 5.69 Å². The van der Waals surface area contributed by atoms with E-state index in [1.165, 1.54) is 28.0 Å². The fourth-order valence-corrected chi connectivity index (χ4v) is 5.09. The molecule has 0 aliphatic heterocycles. The van der Waals surface area contributed by atoms with Gasteiger partial charge in [-0.1, -0.05) is 84.1 Å². The Kier molecular flexibility index (Phi) is 5.42. The van der Waals surface area contributed by atoms with Gasteiger partial charge in [-0.2, -0.15) is 0 Å². The molecular formula is C26H24N4O2S. The summed E-state index contributed by atoms with van der Waals surface area (Å²) in [7, 11) is 3.17. The largest absolute Gasteiger partial charge is 0.332 e. The molecule has 0 saturated carbocycles. The van der Waals surface area contributed by atoms with Crippen molar-refractivity contribution in [2.45, 2.75) is 24.4 Å². The summed E-state index contributed by atoms with van der Waals surface area (Å²) in [5, 5.41) is 3.12. The number of benzene rings is 3. The number of nitrogens with zero attached hydrogens (tertiary/aromatic N) is 4. The second kappa shape index (κ2) is 8.41. The van der Waals surface area contributed by atoms with Gasteiger partial charge in [0.2, 0.25) is 0 Å². The van der Waals surface area contributed by atoms with E-state index in [-0.39, 0.29) is 11.2 Å². The Labute approximate surface area is 195 Å². The number of aromatic nitrogens is 4. The van der Waals surface area contributed by atoms with Crippen molar-refractivity contribution in [2.75, 3.05) is 0 Å². The van der Waals surface area contributed by atoms with Crippen molar-refractivity contribution in [3.8, 4) is 0 Å². The molecule has 6 nitrogen and oxygen atoms in total. The SMILES string of the molecule is Cc1cccc(Cn2c(SCc3ccc4ccccc4c3)nc3c2c(=O)n(C)c(=O)n3C)c1. The molecule has 0 aliphatic rings. The molecule has 3 aromatic carbocycles. The van der Waals surface area contributed by atoms with Crippen molar-refractivity contribution in [1.29, 1.82) is 0 Å². The van der Waals surface area contributed by atoms with E-state index >= 15 is 0 Å². The van der Waals surface area contributed by atoms with E-state index in [1.54, 1.807) is 18.8 Å². The minimum absolute atomic E-state index is 0.328. The van der Waals surface area contributed by atoms with E-state index < -0.39 is 0 Å². The third-order valence-electron chi connectivity index (χ3n) is 5.92. The monoisotopic (exact) mass is 456 g/mol. The maximum absolute atomic E-state index is 13.1. The molecule has 33 heavy (non-hydrogen) atoms. The quantitative estimate of drug-likeness (QED) is 0.371. The molecular weight excluding hydrogens is 432 g/mol. The summed E-state index contributed by atoms with van der Waals surface area (Å²) in [5.74, 6) is 0.705. The van der Waals surface area contributed by atoms with Crippen LogP contribution in [-0.4, -0.2) is 18.7 Å². The van der Waals surface area contributed by atoms with Crippen LogP contribution in [-0.2, 0) is 26.4 Å². The van der Waals surface area contributed by atoms with Gasteiger partial charge in [0.05, 0.1) is 6.54 Å². The summed E-state index contributed by atoms with van der Waals surface area (Å²) < 4.78 is 4.54. The van der Waals surface area contributed by atoms with Crippen molar-refractivity contribution < 1.29 is 0 Å². The predicted octanol–water partition coefficient (Wildman–Crippen LogP) is 4.24. The van der Waals surface area contributed by atoms with E-state index in [1.807, 2.05) is 41.8 Å². The van der Waals surface area contributed by atoms with Crippen molar-refractivity contribution in [3.05, 3.63) is 104 Å². The van der Waals surface area contributed by atoms with Crippen LogP contribution < -0.4 is 11.2 Å². The fourth-order valence-electron chi connectivity index (χ4n) is 4.15. The third kappa shape index (κ3) is 3.89. The van der Waals surface area contributed by atoms with Crippen molar-refractivity contribution >= 4 is 33.7 Å². The van der Waals surface area contributed by atoms with Gasteiger partial charge in [-0.25, -0.2) is 9.78 Å². The minimum atomic E-state index is -0.376. The molecule has 0 spiro atoms. The molecule has 5 aromatic rings. The van der Waals surface area contributed by atoms with Crippen molar-refractivity contribution in [1.82, 2.24) is 18.7 Å². The van der Waals surface area contributed by atoms with Gasteiger partial charge in [0, 0.05) is 19.8 Å².